The lowest BCUT2D eigenvalue weighted by atomic mass is 10.2. The lowest BCUT2D eigenvalue weighted by molar-refractivity contribution is -0.139. The van der Waals surface area contributed by atoms with E-state index >= 15 is 0 Å². The third-order valence-corrected chi connectivity index (χ3v) is 5.01. The number of carbonyl (C=O) groups is 2. The molecule has 17 heavy (non-hydrogen) atoms. The molecule has 1 amide bonds. The minimum absolute atomic E-state index is 0.134. The van der Waals surface area contributed by atoms with Crippen LogP contribution in [0, 0.1) is 0 Å². The van der Waals surface area contributed by atoms with Crippen molar-refractivity contribution < 1.29 is 23.1 Å². The predicted molar refractivity (Wildman–Crippen MR) is 63.4 cm³/mol. The predicted octanol–water partition coefficient (Wildman–Crippen LogP) is 0.179. The summed E-state index contributed by atoms with van der Waals surface area (Å²) in [6, 6.07) is -0.134. The maximum absolute atomic E-state index is 11.7. The second kappa shape index (κ2) is 5.48. The lowest BCUT2D eigenvalue weighted by Crippen LogP contribution is -2.46. The van der Waals surface area contributed by atoms with Crippen LogP contribution in [0.3, 0.4) is 0 Å². The van der Waals surface area contributed by atoms with Crippen LogP contribution in [0.25, 0.3) is 0 Å². The zero-order valence-corrected chi connectivity index (χ0v) is 11.3. The van der Waals surface area contributed by atoms with Crippen LogP contribution in [-0.4, -0.2) is 41.9 Å². The van der Waals surface area contributed by atoms with Crippen LogP contribution >= 0.6 is 0 Å². The van der Waals surface area contributed by atoms with Crippen molar-refractivity contribution in [3.8, 4) is 0 Å². The maximum atomic E-state index is 11.7. The highest BCUT2D eigenvalue weighted by Crippen LogP contribution is 2.17. The molecule has 0 saturated carbocycles. The first-order chi connectivity index (χ1) is 7.54. The van der Waals surface area contributed by atoms with Crippen molar-refractivity contribution >= 4 is 21.7 Å². The summed E-state index contributed by atoms with van der Waals surface area (Å²) >= 11 is 0. The number of amides is 1. The molecule has 0 spiro atoms. The zero-order valence-electron chi connectivity index (χ0n) is 10.5. The van der Waals surface area contributed by atoms with E-state index in [9.17, 15) is 18.0 Å². The highest BCUT2D eigenvalue weighted by molar-refractivity contribution is 7.94. The second-order valence-electron chi connectivity index (χ2n) is 4.45. The largest absolute Gasteiger partial charge is 0.480 e. The van der Waals surface area contributed by atoms with Crippen LogP contribution in [0.5, 0.6) is 0 Å². The van der Waals surface area contributed by atoms with Gasteiger partial charge in [-0.05, 0) is 27.2 Å². The van der Waals surface area contributed by atoms with Crippen molar-refractivity contribution in [3.63, 3.8) is 0 Å². The van der Waals surface area contributed by atoms with Gasteiger partial charge in [0.2, 0.25) is 5.91 Å². The molecule has 100 valence electrons. The molecule has 0 aliphatic heterocycles. The molecule has 0 bridgehead atoms. The molecule has 0 rings (SSSR count). The van der Waals surface area contributed by atoms with Crippen LogP contribution in [-0.2, 0) is 19.4 Å². The summed E-state index contributed by atoms with van der Waals surface area (Å²) in [7, 11) is -4.02. The van der Waals surface area contributed by atoms with Gasteiger partial charge in [-0.2, -0.15) is 0 Å². The van der Waals surface area contributed by atoms with Gasteiger partial charge in [-0.15, -0.1) is 0 Å². The van der Waals surface area contributed by atoms with Gasteiger partial charge in [0.15, 0.2) is 14.6 Å². The summed E-state index contributed by atoms with van der Waals surface area (Å²) in [4.78, 5) is 22.2. The van der Waals surface area contributed by atoms with Gasteiger partial charge >= 0.3 is 5.97 Å². The Morgan fingerprint density at radius 2 is 1.82 bits per heavy atom. The maximum Gasteiger partial charge on any atom is 0.324 e. The Kier molecular flexibility index (Phi) is 5.12. The van der Waals surface area contributed by atoms with Crippen molar-refractivity contribution in [2.75, 3.05) is 5.75 Å². The van der Waals surface area contributed by atoms with Crippen LogP contribution in [0.4, 0.5) is 0 Å². The molecule has 6 nitrogen and oxygen atoms in total. The van der Waals surface area contributed by atoms with Crippen molar-refractivity contribution in [1.82, 2.24) is 5.32 Å². The first kappa shape index (κ1) is 15.9. The Labute approximate surface area is 101 Å². The Morgan fingerprint density at radius 3 is 2.18 bits per heavy atom. The Hall–Kier alpha value is -1.11. The highest BCUT2D eigenvalue weighted by atomic mass is 32.2. The van der Waals surface area contributed by atoms with E-state index in [1.807, 2.05) is 6.92 Å². The molecule has 0 radical (unpaired) electrons. The fraction of sp³-hybridized carbons (Fsp3) is 0.800. The van der Waals surface area contributed by atoms with Gasteiger partial charge in [-0.1, -0.05) is 6.92 Å². The van der Waals surface area contributed by atoms with E-state index in [4.69, 9.17) is 5.11 Å². The summed E-state index contributed by atoms with van der Waals surface area (Å²) in [5.41, 5.74) is 0. The molecular formula is C10H19NO5S. The fourth-order valence-corrected chi connectivity index (χ4v) is 1.96. The van der Waals surface area contributed by atoms with E-state index < -0.39 is 32.2 Å². The van der Waals surface area contributed by atoms with Crippen molar-refractivity contribution in [3.05, 3.63) is 0 Å². The number of hydrogen-bond acceptors (Lipinski definition) is 4. The van der Waals surface area contributed by atoms with Gasteiger partial charge in [-0.3, -0.25) is 9.59 Å². The SMILES string of the molecule is CCC(C)NC(=O)CS(=O)(=O)C(C)(C)C(=O)O. The molecule has 0 aromatic carbocycles. The standard InChI is InChI=1S/C10H19NO5S/c1-5-7(2)11-8(12)6-17(15,16)10(3,4)9(13)14/h7H,5-6H2,1-4H3,(H,11,12)(H,13,14). The average Bonchev–Trinajstić information content (AvgIpc) is 2.15. The Bertz CT molecular complexity index is 399. The second-order valence-corrected chi connectivity index (χ2v) is 6.99. The van der Waals surface area contributed by atoms with Crippen LogP contribution in [0.1, 0.15) is 34.1 Å². The van der Waals surface area contributed by atoms with Gasteiger partial charge < -0.3 is 10.4 Å². The normalized spacial score (nSPS) is 14.1. The first-order valence-corrected chi connectivity index (χ1v) is 6.95. The smallest absolute Gasteiger partial charge is 0.324 e. The molecule has 0 aromatic heterocycles. The number of carboxylic acids is 1. The fourth-order valence-electron chi connectivity index (χ4n) is 0.905. The summed E-state index contributed by atoms with van der Waals surface area (Å²) in [6.45, 7) is 5.73. The van der Waals surface area contributed by atoms with Crippen LogP contribution in [0.15, 0.2) is 0 Å². The van der Waals surface area contributed by atoms with Crippen molar-refractivity contribution in [2.45, 2.75) is 44.9 Å². The average molecular weight is 265 g/mol. The van der Waals surface area contributed by atoms with E-state index in [0.717, 1.165) is 13.8 Å². The molecular weight excluding hydrogens is 246 g/mol. The first-order valence-electron chi connectivity index (χ1n) is 5.29. The molecule has 7 heteroatoms. The van der Waals surface area contributed by atoms with Gasteiger partial charge in [0, 0.05) is 6.04 Å². The Morgan fingerprint density at radius 1 is 1.35 bits per heavy atom. The number of aliphatic carboxylic acids is 1. The topological polar surface area (TPSA) is 101 Å². The monoisotopic (exact) mass is 265 g/mol. The third-order valence-electron chi connectivity index (χ3n) is 2.63. The van der Waals surface area contributed by atoms with E-state index in [2.05, 4.69) is 5.32 Å². The molecule has 0 fully saturated rings. The number of carbonyl (C=O) groups excluding carboxylic acids is 1. The summed E-state index contributed by atoms with van der Waals surface area (Å²) in [5, 5.41) is 11.3. The van der Waals surface area contributed by atoms with Gasteiger partial charge in [0.05, 0.1) is 0 Å². The van der Waals surface area contributed by atoms with Crippen LogP contribution in [0.2, 0.25) is 0 Å². The van der Waals surface area contributed by atoms with Crippen molar-refractivity contribution in [2.24, 2.45) is 0 Å². The Balaban J connectivity index is 4.79. The minimum Gasteiger partial charge on any atom is -0.480 e. The highest BCUT2D eigenvalue weighted by Gasteiger charge is 2.42. The number of nitrogens with one attached hydrogen (secondary N) is 1. The molecule has 2 N–H and O–H groups in total. The zero-order chi connectivity index (χ0) is 13.9. The summed E-state index contributed by atoms with van der Waals surface area (Å²) in [6.07, 6.45) is 0.675. The molecule has 0 saturated heterocycles. The van der Waals surface area contributed by atoms with E-state index in [1.165, 1.54) is 0 Å². The van der Waals surface area contributed by atoms with Gasteiger partial charge in [-0.25, -0.2) is 8.42 Å². The molecule has 0 heterocycles. The van der Waals surface area contributed by atoms with E-state index in [1.54, 1.807) is 6.92 Å². The number of carboxylic acid groups (broad SMARTS) is 1. The van der Waals surface area contributed by atoms with Gasteiger partial charge in [0.25, 0.3) is 0 Å². The molecule has 0 aliphatic rings. The summed E-state index contributed by atoms with van der Waals surface area (Å²) < 4.78 is 21.5. The minimum atomic E-state index is -4.02. The number of rotatable bonds is 6. The van der Waals surface area contributed by atoms with Gasteiger partial charge in [0.1, 0.15) is 5.75 Å². The van der Waals surface area contributed by atoms with E-state index in [-0.39, 0.29) is 6.04 Å². The molecule has 1 unspecified atom stereocenters. The van der Waals surface area contributed by atoms with E-state index in [0.29, 0.717) is 6.42 Å². The molecule has 1 atom stereocenters. The molecule has 0 aliphatic carbocycles. The van der Waals surface area contributed by atoms with Crippen molar-refractivity contribution in [1.29, 1.82) is 0 Å². The molecule has 0 aromatic rings. The summed E-state index contributed by atoms with van der Waals surface area (Å²) in [5.74, 6) is -2.95. The lowest BCUT2D eigenvalue weighted by Gasteiger charge is -2.20. The number of hydrogen-bond donors (Lipinski definition) is 2. The van der Waals surface area contributed by atoms with Crippen LogP contribution < -0.4 is 5.32 Å². The number of sulfone groups is 1. The third kappa shape index (κ3) is 3.99. The quantitative estimate of drug-likeness (QED) is 0.713.